The number of piperidine rings is 2. The Morgan fingerprint density at radius 2 is 1.67 bits per heavy atom. The topological polar surface area (TPSA) is 105 Å². The van der Waals surface area contributed by atoms with Crippen LogP contribution in [0.15, 0.2) is 29.1 Å². The molecule has 3 N–H and O–H groups in total. The van der Waals surface area contributed by atoms with Crippen molar-refractivity contribution in [3.05, 3.63) is 34.6 Å². The molecule has 1 aromatic heterocycles. The van der Waals surface area contributed by atoms with Gasteiger partial charge in [-0.3, -0.25) is 14.5 Å². The fourth-order valence-electron chi connectivity index (χ4n) is 9.16. The predicted molar refractivity (Wildman–Crippen MR) is 152 cm³/mol. The van der Waals surface area contributed by atoms with Crippen LogP contribution in [0.1, 0.15) is 83.6 Å². The van der Waals surface area contributed by atoms with Gasteiger partial charge in [0.15, 0.2) is 5.82 Å². The molecule has 6 atom stereocenters. The number of carboxylic acids is 1. The lowest BCUT2D eigenvalue weighted by Crippen LogP contribution is -2.72. The number of hydrogen-bond acceptors (Lipinski definition) is 6. The highest BCUT2D eigenvalue weighted by Gasteiger charge is 2.49. The lowest BCUT2D eigenvalue weighted by molar-refractivity contribution is -0.144. The van der Waals surface area contributed by atoms with E-state index in [2.05, 4.69) is 11.8 Å². The van der Waals surface area contributed by atoms with Crippen LogP contribution in [0.3, 0.4) is 0 Å². The third-order valence-corrected chi connectivity index (χ3v) is 11.1. The van der Waals surface area contributed by atoms with E-state index in [1.807, 2.05) is 28.8 Å². The second-order valence-corrected chi connectivity index (χ2v) is 13.6. The first-order valence-electron chi connectivity index (χ1n) is 15.4. The number of benzene rings is 1. The summed E-state index contributed by atoms with van der Waals surface area (Å²) in [6.45, 7) is 2.64. The van der Waals surface area contributed by atoms with Gasteiger partial charge in [0, 0.05) is 24.2 Å². The number of rotatable bonds is 4. The van der Waals surface area contributed by atoms with Crippen molar-refractivity contribution in [2.45, 2.75) is 107 Å². The van der Waals surface area contributed by atoms with E-state index in [0.717, 1.165) is 35.7 Å². The average Bonchev–Trinajstić information content (AvgIpc) is 3.07. The van der Waals surface area contributed by atoms with Gasteiger partial charge in [0.1, 0.15) is 5.54 Å². The summed E-state index contributed by atoms with van der Waals surface area (Å²) in [6.07, 6.45) is 14.3. The van der Waals surface area contributed by atoms with Crippen LogP contribution in [-0.2, 0) is 4.79 Å². The summed E-state index contributed by atoms with van der Waals surface area (Å²) in [4.78, 5) is 35.2. The lowest BCUT2D eigenvalue weighted by atomic mass is 9.71. The van der Waals surface area contributed by atoms with Gasteiger partial charge >= 0.3 is 5.97 Å². The molecular formula is C31H43N5O3. The van der Waals surface area contributed by atoms with Crippen LogP contribution in [0.4, 0.5) is 5.82 Å². The largest absolute Gasteiger partial charge is 0.480 e. The molecule has 4 heterocycles. The van der Waals surface area contributed by atoms with Crippen LogP contribution >= 0.6 is 0 Å². The van der Waals surface area contributed by atoms with E-state index < -0.39 is 11.5 Å². The molecule has 6 unspecified atom stereocenters. The number of anilines is 1. The first-order chi connectivity index (χ1) is 18.8. The van der Waals surface area contributed by atoms with Crippen LogP contribution in [0.5, 0.6) is 0 Å². The minimum absolute atomic E-state index is 0.103. The lowest BCUT2D eigenvalue weighted by Gasteiger charge is -2.56. The van der Waals surface area contributed by atoms with Gasteiger partial charge in [0.05, 0.1) is 24.1 Å². The van der Waals surface area contributed by atoms with Crippen molar-refractivity contribution in [1.29, 1.82) is 0 Å². The molecule has 3 saturated heterocycles. The normalized spacial score (nSPS) is 36.3. The van der Waals surface area contributed by atoms with E-state index in [-0.39, 0.29) is 24.7 Å². The zero-order valence-electron chi connectivity index (χ0n) is 23.2. The summed E-state index contributed by atoms with van der Waals surface area (Å²) in [5.41, 5.74) is 6.29. The Labute approximate surface area is 230 Å². The molecule has 8 nitrogen and oxygen atoms in total. The summed E-state index contributed by atoms with van der Waals surface area (Å²) in [7, 11) is 0. The Balaban J connectivity index is 1.22. The molecule has 39 heavy (non-hydrogen) atoms. The standard InChI is InChI=1S/C31H43N5O3/c1-19-10-11-22-15-24(16-27(19)35(22)23-13-20-6-2-3-7-21(12-20)14-23)36-26-9-5-4-8-25(26)33-28(29(36)37)34-17-31(32,18-34)30(38)39/h4-5,8-9,19-24,27H,2-3,6-7,10-18,32H2,1H3,(H,38,39). The van der Waals surface area contributed by atoms with Gasteiger partial charge in [-0.1, -0.05) is 44.7 Å². The minimum atomic E-state index is -1.32. The van der Waals surface area contributed by atoms with E-state index in [4.69, 9.17) is 10.7 Å². The number of nitrogens with zero attached hydrogens (tertiary/aromatic N) is 4. The molecule has 0 radical (unpaired) electrons. The van der Waals surface area contributed by atoms with Crippen LogP contribution in [0.25, 0.3) is 11.0 Å². The number of nitrogens with two attached hydrogens (primary N) is 1. The van der Waals surface area contributed by atoms with Gasteiger partial charge in [-0.25, -0.2) is 4.98 Å². The molecule has 0 amide bonds. The summed E-state index contributed by atoms with van der Waals surface area (Å²) in [6, 6.07) is 9.76. The van der Waals surface area contributed by atoms with Gasteiger partial charge in [-0.05, 0) is 74.8 Å². The van der Waals surface area contributed by atoms with Crippen molar-refractivity contribution in [2.24, 2.45) is 23.5 Å². The second kappa shape index (κ2) is 9.58. The molecule has 3 aliphatic heterocycles. The molecule has 210 valence electrons. The Morgan fingerprint density at radius 1 is 0.949 bits per heavy atom. The van der Waals surface area contributed by atoms with Crippen molar-refractivity contribution in [1.82, 2.24) is 14.5 Å². The second-order valence-electron chi connectivity index (χ2n) is 13.6. The summed E-state index contributed by atoms with van der Waals surface area (Å²) in [5, 5.41) is 9.51. The van der Waals surface area contributed by atoms with Crippen molar-refractivity contribution >= 4 is 22.8 Å². The number of carbonyl (C=O) groups is 1. The zero-order chi connectivity index (χ0) is 26.9. The fraction of sp³-hybridized carbons (Fsp3) is 0.710. The Morgan fingerprint density at radius 3 is 2.38 bits per heavy atom. The molecule has 0 spiro atoms. The van der Waals surface area contributed by atoms with Gasteiger partial charge < -0.3 is 20.3 Å². The van der Waals surface area contributed by atoms with Crippen molar-refractivity contribution < 1.29 is 9.90 Å². The summed E-state index contributed by atoms with van der Waals surface area (Å²) >= 11 is 0. The van der Waals surface area contributed by atoms with Crippen LogP contribution in [-0.4, -0.2) is 62.3 Å². The highest BCUT2D eigenvalue weighted by molar-refractivity contribution is 5.84. The quantitative estimate of drug-likeness (QED) is 0.608. The van der Waals surface area contributed by atoms with Gasteiger partial charge in [0.2, 0.25) is 0 Å². The van der Waals surface area contributed by atoms with Gasteiger partial charge in [-0.2, -0.15) is 0 Å². The third kappa shape index (κ3) is 4.29. The zero-order valence-corrected chi connectivity index (χ0v) is 23.2. The fourth-order valence-corrected chi connectivity index (χ4v) is 9.16. The Hall–Kier alpha value is -2.45. The number of hydrogen-bond donors (Lipinski definition) is 2. The average molecular weight is 534 g/mol. The number of aliphatic carboxylic acids is 1. The van der Waals surface area contributed by atoms with Crippen LogP contribution in [0, 0.1) is 17.8 Å². The molecule has 4 bridgehead atoms. The SMILES string of the molecule is CC1CCC2CC(n3c(=O)c(N4CC(N)(C(=O)O)C4)nc4ccccc43)CC1N2C1CC2CCCCC(C2)C1. The molecule has 5 fully saturated rings. The van der Waals surface area contributed by atoms with Gasteiger partial charge in [0.25, 0.3) is 5.56 Å². The maximum absolute atomic E-state index is 14.1. The van der Waals surface area contributed by atoms with Gasteiger partial charge in [-0.15, -0.1) is 0 Å². The van der Waals surface area contributed by atoms with E-state index in [1.165, 1.54) is 57.8 Å². The third-order valence-electron chi connectivity index (χ3n) is 11.1. The molecule has 1 aromatic carbocycles. The first-order valence-corrected chi connectivity index (χ1v) is 15.4. The molecule has 2 aromatic rings. The monoisotopic (exact) mass is 533 g/mol. The molecule has 2 saturated carbocycles. The molecule has 7 rings (SSSR count). The van der Waals surface area contributed by atoms with E-state index in [0.29, 0.717) is 29.9 Å². The van der Waals surface area contributed by atoms with Crippen molar-refractivity contribution in [3.8, 4) is 0 Å². The molecule has 2 aliphatic carbocycles. The first kappa shape index (κ1) is 25.5. The summed E-state index contributed by atoms with van der Waals surface area (Å²) in [5.74, 6) is 1.73. The van der Waals surface area contributed by atoms with Crippen LogP contribution in [0.2, 0.25) is 0 Å². The number of para-hydroxylation sites is 2. The highest BCUT2D eigenvalue weighted by atomic mass is 16.4. The maximum Gasteiger partial charge on any atom is 0.327 e. The molecule has 5 aliphatic rings. The van der Waals surface area contributed by atoms with E-state index >= 15 is 0 Å². The van der Waals surface area contributed by atoms with Crippen molar-refractivity contribution in [2.75, 3.05) is 18.0 Å². The number of aromatic nitrogens is 2. The van der Waals surface area contributed by atoms with E-state index in [1.54, 1.807) is 4.90 Å². The summed E-state index contributed by atoms with van der Waals surface area (Å²) < 4.78 is 2.02. The number of fused-ring (bicyclic) bond motifs is 5. The highest BCUT2D eigenvalue weighted by Crippen LogP contribution is 2.48. The van der Waals surface area contributed by atoms with Crippen molar-refractivity contribution in [3.63, 3.8) is 0 Å². The smallest absolute Gasteiger partial charge is 0.327 e. The van der Waals surface area contributed by atoms with Crippen LogP contribution < -0.4 is 16.2 Å². The maximum atomic E-state index is 14.1. The van der Waals surface area contributed by atoms with E-state index in [9.17, 15) is 14.7 Å². The number of carboxylic acid groups (broad SMARTS) is 1. The predicted octanol–water partition coefficient (Wildman–Crippen LogP) is 4.16. The molecule has 8 heteroatoms. The minimum Gasteiger partial charge on any atom is -0.480 e. The Kier molecular flexibility index (Phi) is 6.27. The molecular weight excluding hydrogens is 490 g/mol. The Bertz CT molecular complexity index is 1310.